The Morgan fingerprint density at radius 3 is 2.24 bits per heavy atom. The van der Waals surface area contributed by atoms with Crippen LogP contribution >= 0.6 is 34.8 Å². The van der Waals surface area contributed by atoms with Gasteiger partial charge in [0, 0.05) is 28.7 Å². The molecule has 2 rings (SSSR count). The first kappa shape index (κ1) is 28.2. The topological polar surface area (TPSA) is 86.8 Å². The lowest BCUT2D eigenvalue weighted by atomic mass is 10.1. The molecule has 34 heavy (non-hydrogen) atoms. The van der Waals surface area contributed by atoms with E-state index >= 15 is 0 Å². The fourth-order valence-electron chi connectivity index (χ4n) is 3.09. The van der Waals surface area contributed by atoms with E-state index < -0.39 is 40.2 Å². The second-order valence-corrected chi connectivity index (χ2v) is 10.7. The van der Waals surface area contributed by atoms with Crippen LogP contribution in [0.2, 0.25) is 15.1 Å². The van der Waals surface area contributed by atoms with Gasteiger partial charge < -0.3 is 10.2 Å². The summed E-state index contributed by atoms with van der Waals surface area (Å²) < 4.78 is 39.4. The van der Waals surface area contributed by atoms with E-state index in [4.69, 9.17) is 34.8 Å². The molecule has 0 aliphatic rings. The summed E-state index contributed by atoms with van der Waals surface area (Å²) in [5.74, 6) is -1.85. The van der Waals surface area contributed by atoms with E-state index in [0.29, 0.717) is 18.5 Å². The Morgan fingerprint density at radius 2 is 1.71 bits per heavy atom. The van der Waals surface area contributed by atoms with E-state index in [2.05, 4.69) is 5.32 Å². The lowest BCUT2D eigenvalue weighted by Crippen LogP contribution is -2.51. The van der Waals surface area contributed by atoms with Gasteiger partial charge in [0.05, 0.1) is 17.0 Å². The summed E-state index contributed by atoms with van der Waals surface area (Å²) in [6.45, 7) is 3.01. The van der Waals surface area contributed by atoms with Crippen molar-refractivity contribution < 1.29 is 22.4 Å². The number of rotatable bonds is 10. The molecule has 2 aromatic carbocycles. The molecule has 0 fully saturated rings. The first-order chi connectivity index (χ1) is 15.9. The Kier molecular flexibility index (Phi) is 9.99. The number of amides is 2. The highest BCUT2D eigenvalue weighted by atomic mass is 35.5. The lowest BCUT2D eigenvalue weighted by Gasteiger charge is -2.32. The van der Waals surface area contributed by atoms with E-state index in [1.807, 2.05) is 6.92 Å². The molecule has 1 N–H and O–H groups in total. The van der Waals surface area contributed by atoms with Crippen LogP contribution in [0.3, 0.4) is 0 Å². The number of benzene rings is 2. The van der Waals surface area contributed by atoms with Crippen molar-refractivity contribution in [3.8, 4) is 0 Å². The smallest absolute Gasteiger partial charge is 0.244 e. The fraction of sp³-hybridized carbons (Fsp3) is 0.364. The number of sulfonamides is 1. The van der Waals surface area contributed by atoms with Crippen LogP contribution in [0.5, 0.6) is 0 Å². The van der Waals surface area contributed by atoms with Crippen molar-refractivity contribution in [1.29, 1.82) is 0 Å². The van der Waals surface area contributed by atoms with E-state index in [1.54, 1.807) is 18.2 Å². The van der Waals surface area contributed by atoms with Crippen molar-refractivity contribution in [2.75, 3.05) is 23.7 Å². The molecule has 0 saturated carbocycles. The van der Waals surface area contributed by atoms with Gasteiger partial charge in [0.2, 0.25) is 21.8 Å². The van der Waals surface area contributed by atoms with Crippen LogP contribution < -0.4 is 9.62 Å². The van der Waals surface area contributed by atoms with Gasteiger partial charge in [0.25, 0.3) is 0 Å². The Balaban J connectivity index is 2.45. The van der Waals surface area contributed by atoms with Gasteiger partial charge in [-0.3, -0.25) is 13.9 Å². The monoisotopic (exact) mass is 551 g/mol. The molecular formula is C22H25Cl3FN3O4S. The first-order valence-electron chi connectivity index (χ1n) is 10.3. The summed E-state index contributed by atoms with van der Waals surface area (Å²) in [4.78, 5) is 27.3. The molecule has 0 radical (unpaired) electrons. The number of nitrogens with one attached hydrogen (secondary N) is 1. The molecule has 2 amide bonds. The largest absolute Gasteiger partial charge is 0.354 e. The molecule has 0 aromatic heterocycles. The molecule has 0 aliphatic carbocycles. The third-order valence-electron chi connectivity index (χ3n) is 4.98. The van der Waals surface area contributed by atoms with Crippen molar-refractivity contribution in [2.45, 2.75) is 32.9 Å². The molecule has 0 unspecified atom stereocenters. The maximum atomic E-state index is 13.6. The van der Waals surface area contributed by atoms with Gasteiger partial charge in [-0.15, -0.1) is 0 Å². The minimum Gasteiger partial charge on any atom is -0.354 e. The van der Waals surface area contributed by atoms with Crippen molar-refractivity contribution in [3.63, 3.8) is 0 Å². The molecule has 0 saturated heterocycles. The summed E-state index contributed by atoms with van der Waals surface area (Å²) in [7, 11) is -3.97. The summed E-state index contributed by atoms with van der Waals surface area (Å²) in [6.07, 6.45) is 1.60. The molecule has 2 aromatic rings. The Bertz CT molecular complexity index is 1140. The number of carbonyl (C=O) groups excluding carboxylic acids is 2. The summed E-state index contributed by atoms with van der Waals surface area (Å²) in [5, 5.41) is 3.00. The van der Waals surface area contributed by atoms with Gasteiger partial charge >= 0.3 is 0 Å². The van der Waals surface area contributed by atoms with Crippen LogP contribution in [-0.4, -0.2) is 50.5 Å². The third kappa shape index (κ3) is 7.21. The van der Waals surface area contributed by atoms with Crippen LogP contribution in [0, 0.1) is 5.82 Å². The van der Waals surface area contributed by atoms with Crippen molar-refractivity contribution in [1.82, 2.24) is 10.2 Å². The van der Waals surface area contributed by atoms with Crippen LogP contribution in [0.15, 0.2) is 36.4 Å². The normalized spacial score (nSPS) is 12.2. The van der Waals surface area contributed by atoms with E-state index in [9.17, 15) is 22.4 Å². The van der Waals surface area contributed by atoms with Crippen LogP contribution in [0.25, 0.3) is 0 Å². The molecule has 12 heteroatoms. The number of hydrogen-bond donors (Lipinski definition) is 1. The minimum absolute atomic E-state index is 0.000985. The summed E-state index contributed by atoms with van der Waals surface area (Å²) in [5.41, 5.74) is 0.408. The zero-order valence-corrected chi connectivity index (χ0v) is 21.9. The molecule has 0 aliphatic heterocycles. The summed E-state index contributed by atoms with van der Waals surface area (Å²) >= 11 is 18.4. The average Bonchev–Trinajstić information content (AvgIpc) is 2.76. The third-order valence-corrected chi connectivity index (χ3v) is 7.12. The van der Waals surface area contributed by atoms with Gasteiger partial charge in [0.15, 0.2) is 0 Å². The molecule has 186 valence electrons. The number of carbonyl (C=O) groups is 2. The zero-order valence-electron chi connectivity index (χ0n) is 18.8. The van der Waals surface area contributed by atoms with E-state index in [-0.39, 0.29) is 27.3 Å². The Hall–Kier alpha value is -2.07. The van der Waals surface area contributed by atoms with Crippen LogP contribution in [-0.2, 0) is 26.2 Å². The predicted octanol–water partition coefficient (Wildman–Crippen LogP) is 4.50. The maximum Gasteiger partial charge on any atom is 0.244 e. The quantitative estimate of drug-likeness (QED) is 0.470. The Labute approximate surface area is 213 Å². The maximum absolute atomic E-state index is 13.6. The van der Waals surface area contributed by atoms with Gasteiger partial charge in [-0.1, -0.05) is 47.8 Å². The van der Waals surface area contributed by atoms with Gasteiger partial charge in [-0.2, -0.15) is 0 Å². The minimum atomic E-state index is -3.97. The number of hydrogen-bond acceptors (Lipinski definition) is 4. The molecule has 7 nitrogen and oxygen atoms in total. The highest BCUT2D eigenvalue weighted by molar-refractivity contribution is 7.92. The molecule has 0 heterocycles. The first-order valence-corrected chi connectivity index (χ1v) is 13.3. The van der Waals surface area contributed by atoms with E-state index in [1.165, 1.54) is 17.9 Å². The predicted molar refractivity (Wildman–Crippen MR) is 133 cm³/mol. The zero-order chi connectivity index (χ0) is 25.6. The van der Waals surface area contributed by atoms with Crippen LogP contribution in [0.4, 0.5) is 10.1 Å². The van der Waals surface area contributed by atoms with Crippen molar-refractivity contribution in [3.05, 3.63) is 62.8 Å². The summed E-state index contributed by atoms with van der Waals surface area (Å²) in [6, 6.07) is 7.17. The van der Waals surface area contributed by atoms with Gasteiger partial charge in [-0.25, -0.2) is 12.8 Å². The molecule has 1 atom stereocenters. The highest BCUT2D eigenvalue weighted by Gasteiger charge is 2.31. The molecule has 0 bridgehead atoms. The second kappa shape index (κ2) is 12.1. The SMILES string of the molecule is CCCNC(=O)[C@H](C)N(Cc1c(Cl)cccc1Cl)C(=O)CN(c1ccc(F)c(Cl)c1)S(C)(=O)=O. The van der Waals surface area contributed by atoms with Crippen molar-refractivity contribution >= 4 is 62.3 Å². The van der Waals surface area contributed by atoms with Gasteiger partial charge in [0.1, 0.15) is 18.4 Å². The highest BCUT2D eigenvalue weighted by Crippen LogP contribution is 2.28. The number of nitrogens with zero attached hydrogens (tertiary/aromatic N) is 2. The molecule has 0 spiro atoms. The van der Waals surface area contributed by atoms with Crippen molar-refractivity contribution in [2.24, 2.45) is 0 Å². The van der Waals surface area contributed by atoms with Gasteiger partial charge in [-0.05, 0) is 43.7 Å². The second-order valence-electron chi connectivity index (χ2n) is 7.56. The standard InChI is InChI=1S/C22H25Cl3FN3O4S/c1-4-10-27-22(31)14(2)28(12-16-17(23)6-5-7-18(16)24)21(30)13-29(34(3,32)33)15-8-9-20(26)19(25)11-15/h5-9,11,14H,4,10,12-13H2,1-3H3,(H,27,31)/t14-/m0/s1. The lowest BCUT2D eigenvalue weighted by molar-refractivity contribution is -0.139. The van der Waals surface area contributed by atoms with E-state index in [0.717, 1.165) is 22.7 Å². The Morgan fingerprint density at radius 1 is 1.09 bits per heavy atom. The number of anilines is 1. The molecular weight excluding hydrogens is 528 g/mol. The number of halogens is 4. The average molecular weight is 553 g/mol. The van der Waals surface area contributed by atoms with Crippen LogP contribution in [0.1, 0.15) is 25.8 Å². The fourth-order valence-corrected chi connectivity index (χ4v) is 4.62.